The number of nitrogens with one attached hydrogen (secondary N) is 3. The summed E-state index contributed by atoms with van der Waals surface area (Å²) in [4.78, 5) is 23.5. The van der Waals surface area contributed by atoms with Gasteiger partial charge in [0, 0.05) is 5.69 Å². The fourth-order valence-corrected chi connectivity index (χ4v) is 1.84. The predicted molar refractivity (Wildman–Crippen MR) is 79.0 cm³/mol. The monoisotopic (exact) mass is 287 g/mol. The summed E-state index contributed by atoms with van der Waals surface area (Å²) in [6, 6.07) is 8.41. The Hall–Kier alpha value is -2.76. The van der Waals surface area contributed by atoms with E-state index in [0.29, 0.717) is 22.8 Å². The average molecular weight is 287 g/mol. The number of hydrogen-bond donors (Lipinski definition) is 3. The van der Waals surface area contributed by atoms with E-state index < -0.39 is 11.9 Å². The van der Waals surface area contributed by atoms with Gasteiger partial charge in [-0.2, -0.15) is 0 Å². The van der Waals surface area contributed by atoms with Gasteiger partial charge in [0.15, 0.2) is 0 Å². The zero-order valence-electron chi connectivity index (χ0n) is 12.1. The maximum absolute atomic E-state index is 11.9. The molecule has 3 amide bonds. The third kappa shape index (κ3) is 3.85. The molecule has 1 heterocycles. The third-order valence-corrected chi connectivity index (χ3v) is 2.88. The Bertz CT molecular complexity index is 659. The first-order valence-electron chi connectivity index (χ1n) is 6.47. The van der Waals surface area contributed by atoms with E-state index in [-0.39, 0.29) is 0 Å². The van der Waals surface area contributed by atoms with Crippen LogP contribution in [-0.2, 0) is 0 Å². The maximum atomic E-state index is 11.9. The van der Waals surface area contributed by atoms with Gasteiger partial charge in [-0.25, -0.2) is 10.2 Å². The molecule has 21 heavy (non-hydrogen) atoms. The molecule has 1 aromatic carbocycles. The second-order valence-corrected chi connectivity index (χ2v) is 4.73. The van der Waals surface area contributed by atoms with Crippen LogP contribution in [0.25, 0.3) is 0 Å². The summed E-state index contributed by atoms with van der Waals surface area (Å²) in [6.45, 7) is 5.40. The summed E-state index contributed by atoms with van der Waals surface area (Å²) in [5, 5.41) is 2.61. The Morgan fingerprint density at radius 3 is 2.24 bits per heavy atom. The van der Waals surface area contributed by atoms with Crippen molar-refractivity contribution in [3.05, 3.63) is 53.0 Å². The number of benzene rings is 1. The number of rotatable bonds is 2. The van der Waals surface area contributed by atoms with Gasteiger partial charge >= 0.3 is 6.03 Å². The predicted octanol–water partition coefficient (Wildman–Crippen LogP) is 2.67. The first-order valence-corrected chi connectivity index (χ1v) is 6.47. The molecule has 0 radical (unpaired) electrons. The Labute approximate surface area is 122 Å². The van der Waals surface area contributed by atoms with Crippen LogP contribution in [-0.4, -0.2) is 11.9 Å². The van der Waals surface area contributed by atoms with E-state index in [1.54, 1.807) is 32.0 Å². The van der Waals surface area contributed by atoms with E-state index in [2.05, 4.69) is 16.2 Å². The summed E-state index contributed by atoms with van der Waals surface area (Å²) in [6.07, 6.45) is 0. The fourth-order valence-electron chi connectivity index (χ4n) is 1.84. The van der Waals surface area contributed by atoms with Crippen LogP contribution in [0.3, 0.4) is 0 Å². The molecule has 110 valence electrons. The fraction of sp³-hybridized carbons (Fsp3) is 0.200. The van der Waals surface area contributed by atoms with Gasteiger partial charge in [-0.1, -0.05) is 17.7 Å². The molecule has 0 spiro atoms. The molecule has 0 bridgehead atoms. The van der Waals surface area contributed by atoms with E-state index in [9.17, 15) is 9.59 Å². The maximum Gasteiger partial charge on any atom is 0.337 e. The average Bonchev–Trinajstić information content (AvgIpc) is 2.78. The largest absolute Gasteiger partial charge is 0.466 e. The van der Waals surface area contributed by atoms with E-state index in [1.807, 2.05) is 19.1 Å². The highest BCUT2D eigenvalue weighted by Gasteiger charge is 2.13. The van der Waals surface area contributed by atoms with Crippen molar-refractivity contribution in [3.63, 3.8) is 0 Å². The van der Waals surface area contributed by atoms with Crippen molar-refractivity contribution in [2.24, 2.45) is 0 Å². The minimum absolute atomic E-state index is 0.392. The highest BCUT2D eigenvalue weighted by molar-refractivity contribution is 5.97. The van der Waals surface area contributed by atoms with Crippen molar-refractivity contribution in [1.82, 2.24) is 10.9 Å². The second kappa shape index (κ2) is 6.13. The van der Waals surface area contributed by atoms with Gasteiger partial charge in [0.2, 0.25) is 0 Å². The van der Waals surface area contributed by atoms with Crippen molar-refractivity contribution in [3.8, 4) is 0 Å². The van der Waals surface area contributed by atoms with Crippen LogP contribution in [0.1, 0.15) is 27.4 Å². The molecule has 1 aromatic heterocycles. The van der Waals surface area contributed by atoms with Gasteiger partial charge in [0.25, 0.3) is 5.91 Å². The zero-order chi connectivity index (χ0) is 15.4. The molecule has 0 saturated heterocycles. The van der Waals surface area contributed by atoms with Crippen molar-refractivity contribution in [1.29, 1.82) is 0 Å². The SMILES string of the molecule is Cc1ccc(NC(=O)NNC(=O)c2cc(C)oc2C)cc1. The topological polar surface area (TPSA) is 83.4 Å². The van der Waals surface area contributed by atoms with Crippen LogP contribution in [0, 0.1) is 20.8 Å². The Kier molecular flexibility index (Phi) is 4.27. The van der Waals surface area contributed by atoms with Crippen LogP contribution in [0.15, 0.2) is 34.7 Å². The number of carbonyl (C=O) groups excluding carboxylic acids is 2. The summed E-state index contributed by atoms with van der Waals surface area (Å²) in [5.41, 5.74) is 6.74. The Balaban J connectivity index is 1.88. The summed E-state index contributed by atoms with van der Waals surface area (Å²) in [7, 11) is 0. The van der Waals surface area contributed by atoms with Crippen LogP contribution >= 0.6 is 0 Å². The molecule has 2 rings (SSSR count). The molecular weight excluding hydrogens is 270 g/mol. The van der Waals surface area contributed by atoms with Crippen LogP contribution in [0.2, 0.25) is 0 Å². The zero-order valence-corrected chi connectivity index (χ0v) is 12.1. The number of furan rings is 1. The molecule has 0 aliphatic rings. The molecule has 6 nitrogen and oxygen atoms in total. The molecule has 0 atom stereocenters. The van der Waals surface area contributed by atoms with Crippen molar-refractivity contribution >= 4 is 17.6 Å². The van der Waals surface area contributed by atoms with E-state index in [4.69, 9.17) is 4.42 Å². The first-order chi connectivity index (χ1) is 9.95. The lowest BCUT2D eigenvalue weighted by Crippen LogP contribution is -2.44. The van der Waals surface area contributed by atoms with Gasteiger partial charge in [0.05, 0.1) is 5.56 Å². The third-order valence-electron chi connectivity index (χ3n) is 2.88. The smallest absolute Gasteiger partial charge is 0.337 e. The molecule has 0 unspecified atom stereocenters. The number of aryl methyl sites for hydroxylation is 3. The summed E-state index contributed by atoms with van der Waals surface area (Å²) >= 11 is 0. The number of amides is 3. The van der Waals surface area contributed by atoms with Crippen molar-refractivity contribution in [2.45, 2.75) is 20.8 Å². The van der Waals surface area contributed by atoms with Crippen molar-refractivity contribution < 1.29 is 14.0 Å². The second-order valence-electron chi connectivity index (χ2n) is 4.73. The molecule has 0 saturated carbocycles. The molecule has 0 aliphatic heterocycles. The van der Waals surface area contributed by atoms with Gasteiger partial charge in [-0.3, -0.25) is 10.2 Å². The lowest BCUT2D eigenvalue weighted by Gasteiger charge is -2.08. The molecule has 0 fully saturated rings. The van der Waals surface area contributed by atoms with Gasteiger partial charge < -0.3 is 9.73 Å². The van der Waals surface area contributed by atoms with Crippen LogP contribution < -0.4 is 16.2 Å². The minimum atomic E-state index is -0.523. The van der Waals surface area contributed by atoms with E-state index in [1.165, 1.54) is 0 Å². The number of anilines is 1. The summed E-state index contributed by atoms with van der Waals surface area (Å²) in [5.74, 6) is 0.718. The molecule has 3 N–H and O–H groups in total. The Morgan fingerprint density at radius 1 is 1.00 bits per heavy atom. The first kappa shape index (κ1) is 14.6. The van der Waals surface area contributed by atoms with Crippen LogP contribution in [0.5, 0.6) is 0 Å². The molecule has 2 aromatic rings. The van der Waals surface area contributed by atoms with Crippen LogP contribution in [0.4, 0.5) is 10.5 Å². The minimum Gasteiger partial charge on any atom is -0.466 e. The van der Waals surface area contributed by atoms with Gasteiger partial charge in [-0.15, -0.1) is 0 Å². The number of urea groups is 1. The molecule has 6 heteroatoms. The van der Waals surface area contributed by atoms with E-state index >= 15 is 0 Å². The standard InChI is InChI=1S/C15H17N3O3/c1-9-4-6-12(7-5-9)16-15(20)18-17-14(19)13-8-10(2)21-11(13)3/h4-8H,1-3H3,(H,17,19)(H2,16,18,20). The highest BCUT2D eigenvalue weighted by atomic mass is 16.3. The van der Waals surface area contributed by atoms with Crippen molar-refractivity contribution in [2.75, 3.05) is 5.32 Å². The highest BCUT2D eigenvalue weighted by Crippen LogP contribution is 2.13. The normalized spacial score (nSPS) is 10.0. The summed E-state index contributed by atoms with van der Waals surface area (Å²) < 4.78 is 5.26. The number of hydrazine groups is 1. The lowest BCUT2D eigenvalue weighted by molar-refractivity contribution is 0.0936. The van der Waals surface area contributed by atoms with E-state index in [0.717, 1.165) is 5.56 Å². The van der Waals surface area contributed by atoms with Gasteiger partial charge in [-0.05, 0) is 39.0 Å². The number of hydrogen-bond acceptors (Lipinski definition) is 3. The lowest BCUT2D eigenvalue weighted by atomic mass is 10.2. The molecule has 0 aliphatic carbocycles. The molecular formula is C15H17N3O3. The van der Waals surface area contributed by atoms with Gasteiger partial charge in [0.1, 0.15) is 11.5 Å². The quantitative estimate of drug-likeness (QED) is 0.742. The number of carbonyl (C=O) groups is 2. The Morgan fingerprint density at radius 2 is 1.67 bits per heavy atom.